The average molecular weight is 462 g/mol. The van der Waals surface area contributed by atoms with Crippen molar-refractivity contribution >= 4 is 44.5 Å². The molecule has 30 heavy (non-hydrogen) atoms. The van der Waals surface area contributed by atoms with Gasteiger partial charge in [0.1, 0.15) is 23.8 Å². The summed E-state index contributed by atoms with van der Waals surface area (Å²) in [5.41, 5.74) is -0.805. The monoisotopic (exact) mass is 461 g/mol. The van der Waals surface area contributed by atoms with Gasteiger partial charge in [-0.15, -0.1) is 0 Å². The fourth-order valence-corrected chi connectivity index (χ4v) is 7.06. The molecule has 12 heteroatoms. The third-order valence-corrected chi connectivity index (χ3v) is 7.45. The Morgan fingerprint density at radius 2 is 2.00 bits per heavy atom. The van der Waals surface area contributed by atoms with Gasteiger partial charge in [0.2, 0.25) is 0 Å². The first-order valence-electron chi connectivity index (χ1n) is 9.04. The van der Waals surface area contributed by atoms with Crippen molar-refractivity contribution in [3.05, 3.63) is 29.8 Å². The molecule has 1 N–H and O–H groups in total. The van der Waals surface area contributed by atoms with Crippen LogP contribution in [0.2, 0.25) is 0 Å². The number of rotatable bonds is 3. The number of fused-ring (bicyclic) bond motifs is 1. The Morgan fingerprint density at radius 3 is 2.63 bits per heavy atom. The molecule has 2 unspecified atom stereocenters. The molecule has 2 aliphatic heterocycles. The molecule has 0 radical (unpaired) electrons. The van der Waals surface area contributed by atoms with E-state index in [9.17, 15) is 26.8 Å². The van der Waals surface area contributed by atoms with Crippen LogP contribution in [-0.2, 0) is 19.4 Å². The summed E-state index contributed by atoms with van der Waals surface area (Å²) in [6.45, 7) is 4.56. The van der Waals surface area contributed by atoms with Gasteiger partial charge < -0.3 is 15.0 Å². The number of nitrogens with zero attached hydrogens (tertiary/aromatic N) is 2. The average Bonchev–Trinajstić information content (AvgIpc) is 3.03. The predicted molar refractivity (Wildman–Crippen MR) is 109 cm³/mol. The fourth-order valence-electron chi connectivity index (χ4n) is 3.13. The molecule has 2 amide bonds. The Labute approximate surface area is 177 Å². The van der Waals surface area contributed by atoms with Crippen LogP contribution in [0.5, 0.6) is 0 Å². The quantitative estimate of drug-likeness (QED) is 0.735. The molecule has 0 saturated carbocycles. The van der Waals surface area contributed by atoms with E-state index in [1.54, 1.807) is 20.8 Å². The highest BCUT2D eigenvalue weighted by molar-refractivity contribution is 8.16. The van der Waals surface area contributed by atoms with E-state index < -0.39 is 56.9 Å². The zero-order chi connectivity index (χ0) is 22.3. The van der Waals surface area contributed by atoms with Crippen LogP contribution >= 0.6 is 11.8 Å². The van der Waals surface area contributed by atoms with Gasteiger partial charge in [-0.25, -0.2) is 22.0 Å². The lowest BCUT2D eigenvalue weighted by molar-refractivity contribution is -0.117. The molecule has 0 aliphatic carbocycles. The third kappa shape index (κ3) is 5.28. The van der Waals surface area contributed by atoms with Gasteiger partial charge in [0.15, 0.2) is 15.0 Å². The summed E-state index contributed by atoms with van der Waals surface area (Å²) in [5.74, 6) is -2.77. The maximum Gasteiger partial charge on any atom is 0.408 e. The molecule has 2 saturated heterocycles. The fraction of sp³-hybridized carbons (Fsp3) is 0.500. The number of sulfone groups is 1. The standard InChI is InChI=1S/C18H21F2N3O5S2/c1-18(2,3)28-17(25)21-7-15(24)22-16-23(12-5-4-10(19)6-11(12)20)13-8-30(26,27)9-14(13)29-16/h4-6,13-14H,7-9H2,1-3H3,(H,21,25). The van der Waals surface area contributed by atoms with Gasteiger partial charge in [0.25, 0.3) is 5.91 Å². The number of amidine groups is 1. The van der Waals surface area contributed by atoms with Crippen LogP contribution < -0.4 is 10.2 Å². The zero-order valence-corrected chi connectivity index (χ0v) is 18.1. The summed E-state index contributed by atoms with van der Waals surface area (Å²) in [6.07, 6.45) is -0.792. The number of benzene rings is 1. The van der Waals surface area contributed by atoms with Gasteiger partial charge in [0, 0.05) is 11.3 Å². The Balaban J connectivity index is 1.82. The van der Waals surface area contributed by atoms with Crippen molar-refractivity contribution in [2.75, 3.05) is 23.0 Å². The Kier molecular flexibility index (Phi) is 6.10. The molecular weight excluding hydrogens is 440 g/mol. The summed E-state index contributed by atoms with van der Waals surface area (Å²) >= 11 is 1.04. The Hall–Kier alpha value is -2.21. The SMILES string of the molecule is CC(C)(C)OC(=O)NCC(=O)N=C1SC2CS(=O)(=O)CC2N1c1ccc(F)cc1F. The van der Waals surface area contributed by atoms with E-state index >= 15 is 0 Å². The highest BCUT2D eigenvalue weighted by Gasteiger charge is 2.50. The van der Waals surface area contributed by atoms with E-state index in [-0.39, 0.29) is 22.4 Å². The number of halogens is 2. The number of nitrogens with one attached hydrogen (secondary N) is 1. The Bertz CT molecular complexity index is 1010. The predicted octanol–water partition coefficient (Wildman–Crippen LogP) is 2.09. The lowest BCUT2D eigenvalue weighted by Gasteiger charge is -2.25. The number of thioether (sulfide) groups is 1. The minimum atomic E-state index is -3.33. The van der Waals surface area contributed by atoms with Gasteiger partial charge >= 0.3 is 6.09 Å². The molecule has 2 heterocycles. The van der Waals surface area contributed by atoms with Crippen LogP contribution in [0.4, 0.5) is 19.3 Å². The van der Waals surface area contributed by atoms with E-state index in [0.29, 0.717) is 6.07 Å². The third-order valence-electron chi connectivity index (χ3n) is 4.24. The number of carbonyl (C=O) groups excluding carboxylic acids is 2. The van der Waals surface area contributed by atoms with Crippen molar-refractivity contribution in [2.45, 2.75) is 37.7 Å². The molecule has 2 fully saturated rings. The second kappa shape index (κ2) is 8.14. The van der Waals surface area contributed by atoms with E-state index in [4.69, 9.17) is 4.74 Å². The lowest BCUT2D eigenvalue weighted by Crippen LogP contribution is -2.39. The van der Waals surface area contributed by atoms with E-state index in [0.717, 1.165) is 17.8 Å². The first kappa shape index (κ1) is 22.5. The van der Waals surface area contributed by atoms with Crippen LogP contribution in [0.1, 0.15) is 20.8 Å². The zero-order valence-electron chi connectivity index (χ0n) is 16.5. The number of carbonyl (C=O) groups is 2. The summed E-state index contributed by atoms with van der Waals surface area (Å²) in [5, 5.41) is 1.94. The summed E-state index contributed by atoms with van der Waals surface area (Å²) in [4.78, 5) is 29.2. The van der Waals surface area contributed by atoms with Crippen molar-refractivity contribution in [3.63, 3.8) is 0 Å². The van der Waals surface area contributed by atoms with E-state index in [1.165, 1.54) is 11.0 Å². The Morgan fingerprint density at radius 1 is 1.30 bits per heavy atom. The molecule has 2 atom stereocenters. The normalized spacial score (nSPS) is 24.0. The molecule has 3 rings (SSSR count). The first-order chi connectivity index (χ1) is 13.8. The largest absolute Gasteiger partial charge is 0.444 e. The van der Waals surface area contributed by atoms with Crippen molar-refractivity contribution < 1.29 is 31.5 Å². The minimum absolute atomic E-state index is 0.0693. The first-order valence-corrected chi connectivity index (χ1v) is 11.7. The second-order valence-electron chi connectivity index (χ2n) is 7.91. The van der Waals surface area contributed by atoms with Gasteiger partial charge in [-0.05, 0) is 32.9 Å². The lowest BCUT2D eigenvalue weighted by atomic mass is 10.2. The van der Waals surface area contributed by atoms with Gasteiger partial charge in [-0.3, -0.25) is 4.79 Å². The van der Waals surface area contributed by atoms with E-state index in [1.807, 2.05) is 0 Å². The number of ether oxygens (including phenoxy) is 1. The van der Waals surface area contributed by atoms with Crippen LogP contribution in [0.25, 0.3) is 0 Å². The maximum absolute atomic E-state index is 14.4. The molecule has 2 aliphatic rings. The van der Waals surface area contributed by atoms with Crippen molar-refractivity contribution in [1.29, 1.82) is 0 Å². The van der Waals surface area contributed by atoms with Gasteiger partial charge in [-0.1, -0.05) is 11.8 Å². The highest BCUT2D eigenvalue weighted by Crippen LogP contribution is 2.41. The molecule has 0 spiro atoms. The van der Waals surface area contributed by atoms with Gasteiger partial charge in [0.05, 0.1) is 23.2 Å². The molecule has 1 aromatic carbocycles. The number of amides is 2. The van der Waals surface area contributed by atoms with Crippen LogP contribution in [0.3, 0.4) is 0 Å². The summed E-state index contributed by atoms with van der Waals surface area (Å²) in [6, 6.07) is 2.27. The smallest absolute Gasteiger partial charge is 0.408 e. The summed E-state index contributed by atoms with van der Waals surface area (Å²) in [7, 11) is -3.33. The molecule has 1 aromatic rings. The number of hydrogen-bond donors (Lipinski definition) is 1. The summed E-state index contributed by atoms with van der Waals surface area (Å²) < 4.78 is 56.8. The number of anilines is 1. The molecular formula is C18H21F2N3O5S2. The number of aliphatic imine (C=N–C) groups is 1. The maximum atomic E-state index is 14.4. The number of alkyl carbamates (subject to hydrolysis) is 1. The number of hydrogen-bond acceptors (Lipinski definition) is 6. The molecule has 0 bridgehead atoms. The van der Waals surface area contributed by atoms with Crippen molar-refractivity contribution in [2.24, 2.45) is 4.99 Å². The molecule has 8 nitrogen and oxygen atoms in total. The van der Waals surface area contributed by atoms with E-state index in [2.05, 4.69) is 10.3 Å². The minimum Gasteiger partial charge on any atom is -0.444 e. The van der Waals surface area contributed by atoms with Crippen LogP contribution in [0, 0.1) is 11.6 Å². The van der Waals surface area contributed by atoms with Crippen LogP contribution in [0.15, 0.2) is 23.2 Å². The van der Waals surface area contributed by atoms with Crippen LogP contribution in [-0.4, -0.2) is 60.5 Å². The highest BCUT2D eigenvalue weighted by atomic mass is 32.2. The molecule has 164 valence electrons. The van der Waals surface area contributed by atoms with Crippen molar-refractivity contribution in [1.82, 2.24) is 5.32 Å². The van der Waals surface area contributed by atoms with Gasteiger partial charge in [-0.2, -0.15) is 4.99 Å². The topological polar surface area (TPSA) is 105 Å². The molecule has 0 aromatic heterocycles. The van der Waals surface area contributed by atoms with Crippen molar-refractivity contribution in [3.8, 4) is 0 Å². The second-order valence-corrected chi connectivity index (χ2v) is 11.3.